The summed E-state index contributed by atoms with van der Waals surface area (Å²) in [7, 11) is 0. The number of thioether (sulfide) groups is 1. The molecule has 10 heavy (non-hydrogen) atoms. The van der Waals surface area contributed by atoms with Gasteiger partial charge in [0.15, 0.2) is 0 Å². The molecule has 1 N–H and O–H groups in total. The van der Waals surface area contributed by atoms with E-state index >= 15 is 0 Å². The van der Waals surface area contributed by atoms with Crippen molar-refractivity contribution in [1.29, 1.82) is 0 Å². The van der Waals surface area contributed by atoms with Gasteiger partial charge in [0.05, 0.1) is 0 Å². The van der Waals surface area contributed by atoms with Gasteiger partial charge in [-0.05, 0) is 5.25 Å². The Balaban J connectivity index is 3.40. The first-order valence-electron chi connectivity index (χ1n) is 3.02. The molecule has 4 heteroatoms. The highest BCUT2D eigenvalue weighted by Crippen LogP contribution is 2.13. The van der Waals surface area contributed by atoms with Crippen LogP contribution in [-0.4, -0.2) is 27.5 Å². The molecule has 60 valence electrons. The molecule has 0 aliphatic rings. The van der Waals surface area contributed by atoms with E-state index in [2.05, 4.69) is 0 Å². The second kappa shape index (κ2) is 4.85. The minimum atomic E-state index is -0.935. The lowest BCUT2D eigenvalue weighted by atomic mass is 10.5. The number of rotatable bonds is 4. The number of carbonyl (C=O) groups is 1. The molecule has 2 nitrogen and oxygen atoms in total. The molecule has 0 saturated carbocycles. The topological polar surface area (TPSA) is 37.3 Å². The van der Waals surface area contributed by atoms with Crippen LogP contribution in [0.25, 0.3) is 0 Å². The summed E-state index contributed by atoms with van der Waals surface area (Å²) in [4.78, 5) is 10.2. The Hall–Kier alpha value is 0.110. The van der Waals surface area contributed by atoms with Crippen LogP contribution in [0.2, 0.25) is 0 Å². The number of carboxylic acid groups (broad SMARTS) is 1. The first-order chi connectivity index (χ1) is 4.54. The van der Waals surface area contributed by atoms with Crippen LogP contribution < -0.4 is 0 Å². The predicted octanol–water partition coefficient (Wildman–Crippen LogP) is 1.82. The summed E-state index contributed by atoms with van der Waals surface area (Å²) in [6, 6.07) is 0. The van der Waals surface area contributed by atoms with Gasteiger partial charge in [0.1, 0.15) is 5.38 Å². The highest BCUT2D eigenvalue weighted by atomic mass is 35.5. The molecular formula is C6H11ClO2S. The molecule has 0 aromatic carbocycles. The van der Waals surface area contributed by atoms with Crippen LogP contribution >= 0.6 is 23.4 Å². The largest absolute Gasteiger partial charge is 0.480 e. The lowest BCUT2D eigenvalue weighted by Crippen LogP contribution is -2.16. The van der Waals surface area contributed by atoms with Gasteiger partial charge in [0.25, 0.3) is 0 Å². The molecule has 0 heterocycles. The van der Waals surface area contributed by atoms with E-state index in [4.69, 9.17) is 16.7 Å². The van der Waals surface area contributed by atoms with Crippen LogP contribution in [0.1, 0.15) is 13.8 Å². The summed E-state index contributed by atoms with van der Waals surface area (Å²) >= 11 is 6.99. The van der Waals surface area contributed by atoms with E-state index in [1.165, 1.54) is 0 Å². The molecule has 0 saturated heterocycles. The minimum Gasteiger partial charge on any atom is -0.480 e. The van der Waals surface area contributed by atoms with Gasteiger partial charge in [0.2, 0.25) is 0 Å². The maximum Gasteiger partial charge on any atom is 0.322 e. The monoisotopic (exact) mass is 182 g/mol. The molecule has 0 radical (unpaired) electrons. The molecular weight excluding hydrogens is 172 g/mol. The average Bonchev–Trinajstić information content (AvgIpc) is 1.82. The van der Waals surface area contributed by atoms with Crippen molar-refractivity contribution in [2.45, 2.75) is 24.5 Å². The molecule has 0 rings (SSSR count). The van der Waals surface area contributed by atoms with E-state index in [0.29, 0.717) is 11.0 Å². The van der Waals surface area contributed by atoms with Gasteiger partial charge in [-0.1, -0.05) is 13.8 Å². The van der Waals surface area contributed by atoms with Gasteiger partial charge in [-0.3, -0.25) is 4.79 Å². The second-order valence-electron chi connectivity index (χ2n) is 2.19. The third-order valence-corrected chi connectivity index (χ3v) is 2.56. The Morgan fingerprint density at radius 3 is 2.50 bits per heavy atom. The molecule has 0 aromatic heterocycles. The Kier molecular flexibility index (Phi) is 4.91. The van der Waals surface area contributed by atoms with Crippen LogP contribution in [0.15, 0.2) is 0 Å². The van der Waals surface area contributed by atoms with E-state index in [1.807, 2.05) is 13.8 Å². The Labute approximate surface area is 69.9 Å². The number of carboxylic acids is 1. The fraction of sp³-hybridized carbons (Fsp3) is 0.833. The normalized spacial score (nSPS) is 13.6. The van der Waals surface area contributed by atoms with E-state index in [-0.39, 0.29) is 0 Å². The predicted molar refractivity (Wildman–Crippen MR) is 44.9 cm³/mol. The number of alkyl halides is 1. The minimum absolute atomic E-state index is 0.445. The molecule has 0 fully saturated rings. The Bertz CT molecular complexity index is 116. The molecule has 1 unspecified atom stereocenters. The van der Waals surface area contributed by atoms with Crippen molar-refractivity contribution >= 4 is 29.3 Å². The molecule has 1 atom stereocenters. The second-order valence-corrected chi connectivity index (χ2v) is 4.32. The number of hydrogen-bond donors (Lipinski definition) is 1. The Morgan fingerprint density at radius 1 is 1.70 bits per heavy atom. The van der Waals surface area contributed by atoms with Crippen molar-refractivity contribution in [3.63, 3.8) is 0 Å². The lowest BCUT2D eigenvalue weighted by molar-refractivity contribution is -0.136. The fourth-order valence-electron chi connectivity index (χ4n) is 0.348. The third kappa shape index (κ3) is 4.94. The van der Waals surface area contributed by atoms with Crippen molar-refractivity contribution in [2.75, 3.05) is 5.75 Å². The maximum absolute atomic E-state index is 10.2. The van der Waals surface area contributed by atoms with Crippen LogP contribution in [0, 0.1) is 0 Å². The van der Waals surface area contributed by atoms with Gasteiger partial charge in [0, 0.05) is 5.75 Å². The Morgan fingerprint density at radius 2 is 2.20 bits per heavy atom. The van der Waals surface area contributed by atoms with Crippen LogP contribution in [0.4, 0.5) is 0 Å². The highest BCUT2D eigenvalue weighted by Gasteiger charge is 2.13. The van der Waals surface area contributed by atoms with Gasteiger partial charge >= 0.3 is 5.97 Å². The van der Waals surface area contributed by atoms with Gasteiger partial charge < -0.3 is 5.11 Å². The summed E-state index contributed by atoms with van der Waals surface area (Å²) in [6.07, 6.45) is 0. The van der Waals surface area contributed by atoms with Crippen molar-refractivity contribution in [1.82, 2.24) is 0 Å². The molecule has 0 spiro atoms. The number of halogens is 1. The first-order valence-corrected chi connectivity index (χ1v) is 4.51. The van der Waals surface area contributed by atoms with Crippen LogP contribution in [-0.2, 0) is 4.79 Å². The maximum atomic E-state index is 10.2. The molecule has 0 aliphatic carbocycles. The SMILES string of the molecule is CC(C)SCC(Cl)C(=O)O. The average molecular weight is 183 g/mol. The summed E-state index contributed by atoms with van der Waals surface area (Å²) in [5.74, 6) is -0.455. The zero-order valence-corrected chi connectivity index (χ0v) is 7.58. The molecule has 0 aromatic rings. The van der Waals surface area contributed by atoms with Crippen molar-refractivity contribution in [3.8, 4) is 0 Å². The van der Waals surface area contributed by atoms with E-state index in [0.717, 1.165) is 0 Å². The molecule has 0 aliphatic heterocycles. The quantitative estimate of drug-likeness (QED) is 0.674. The first kappa shape index (κ1) is 10.1. The standard InChI is InChI=1S/C6H11ClO2S/c1-4(2)10-3-5(7)6(8)9/h4-5H,3H2,1-2H3,(H,8,9). The van der Waals surface area contributed by atoms with Crippen molar-refractivity contribution in [2.24, 2.45) is 0 Å². The van der Waals surface area contributed by atoms with Gasteiger partial charge in [-0.2, -0.15) is 11.8 Å². The molecule has 0 amide bonds. The third-order valence-electron chi connectivity index (χ3n) is 0.844. The zero-order chi connectivity index (χ0) is 8.15. The summed E-state index contributed by atoms with van der Waals surface area (Å²) in [5.41, 5.74) is 0. The van der Waals surface area contributed by atoms with Crippen LogP contribution in [0.5, 0.6) is 0 Å². The van der Waals surface area contributed by atoms with Gasteiger partial charge in [-0.25, -0.2) is 0 Å². The zero-order valence-electron chi connectivity index (χ0n) is 6.00. The number of aliphatic carboxylic acids is 1. The summed E-state index contributed by atoms with van der Waals surface area (Å²) in [5, 5.41) is 8.05. The lowest BCUT2D eigenvalue weighted by Gasteiger charge is -2.05. The number of hydrogen-bond acceptors (Lipinski definition) is 2. The smallest absolute Gasteiger partial charge is 0.322 e. The van der Waals surface area contributed by atoms with E-state index in [1.54, 1.807) is 11.8 Å². The summed E-state index contributed by atoms with van der Waals surface area (Å²) in [6.45, 7) is 4.02. The van der Waals surface area contributed by atoms with E-state index < -0.39 is 11.3 Å². The van der Waals surface area contributed by atoms with Gasteiger partial charge in [-0.15, -0.1) is 11.6 Å². The summed E-state index contributed by atoms with van der Waals surface area (Å²) < 4.78 is 0. The van der Waals surface area contributed by atoms with Crippen LogP contribution in [0.3, 0.4) is 0 Å². The van der Waals surface area contributed by atoms with E-state index in [9.17, 15) is 4.79 Å². The van der Waals surface area contributed by atoms with Crippen molar-refractivity contribution < 1.29 is 9.90 Å². The van der Waals surface area contributed by atoms with Crippen molar-refractivity contribution in [3.05, 3.63) is 0 Å². The molecule has 0 bridgehead atoms. The fourth-order valence-corrected chi connectivity index (χ4v) is 1.26. The highest BCUT2D eigenvalue weighted by molar-refractivity contribution is 7.99.